The number of likely N-dealkylation sites (tertiary alicyclic amines) is 1. The van der Waals surface area contributed by atoms with E-state index in [1.807, 2.05) is 18.4 Å². The number of rotatable bonds is 4. The van der Waals surface area contributed by atoms with E-state index in [4.69, 9.17) is 0 Å². The summed E-state index contributed by atoms with van der Waals surface area (Å²) in [6.07, 6.45) is 1.71. The number of amides is 2. The Labute approximate surface area is 136 Å². The third-order valence-electron chi connectivity index (χ3n) is 4.04. The molecule has 1 aromatic heterocycles. The van der Waals surface area contributed by atoms with Crippen molar-refractivity contribution in [3.63, 3.8) is 0 Å². The summed E-state index contributed by atoms with van der Waals surface area (Å²) in [7, 11) is 1.72. The second-order valence-electron chi connectivity index (χ2n) is 5.32. The third kappa shape index (κ3) is 3.08. The quantitative estimate of drug-likeness (QED) is 0.878. The zero-order valence-corrected chi connectivity index (χ0v) is 14.5. The van der Waals surface area contributed by atoms with Crippen LogP contribution in [0.2, 0.25) is 0 Å². The van der Waals surface area contributed by atoms with E-state index in [0.29, 0.717) is 25.9 Å². The van der Waals surface area contributed by atoms with Crippen LogP contribution in [0.25, 0.3) is 0 Å². The summed E-state index contributed by atoms with van der Waals surface area (Å²) in [5.41, 5.74) is -1.04. The molecule has 0 aromatic carbocycles. The molecule has 116 valence electrons. The van der Waals surface area contributed by atoms with Crippen LogP contribution in [0.15, 0.2) is 15.9 Å². The molecule has 1 aliphatic rings. The number of carbonyl (C=O) groups is 2. The molecule has 5 nitrogen and oxygen atoms in total. The van der Waals surface area contributed by atoms with Gasteiger partial charge in [-0.25, -0.2) is 9.59 Å². The van der Waals surface area contributed by atoms with Crippen LogP contribution in [-0.4, -0.2) is 46.0 Å². The van der Waals surface area contributed by atoms with E-state index in [0.717, 1.165) is 15.8 Å². The maximum Gasteiger partial charge on any atom is 0.329 e. The van der Waals surface area contributed by atoms with Crippen LogP contribution in [0.4, 0.5) is 4.79 Å². The summed E-state index contributed by atoms with van der Waals surface area (Å²) in [4.78, 5) is 28.4. The summed E-state index contributed by atoms with van der Waals surface area (Å²) in [6.45, 7) is 2.83. The van der Waals surface area contributed by atoms with E-state index >= 15 is 0 Å². The molecular formula is C14H19BrN2O3S. The fourth-order valence-electron chi connectivity index (χ4n) is 2.84. The van der Waals surface area contributed by atoms with Crippen LogP contribution in [0.5, 0.6) is 0 Å². The second-order valence-corrected chi connectivity index (χ2v) is 7.23. The number of carbonyl (C=O) groups excluding carboxylic acids is 1. The molecule has 1 aromatic rings. The monoisotopic (exact) mass is 374 g/mol. The summed E-state index contributed by atoms with van der Waals surface area (Å²) in [5, 5.41) is 11.5. The van der Waals surface area contributed by atoms with Crippen molar-refractivity contribution >= 4 is 39.3 Å². The number of carboxylic acid groups (broad SMARTS) is 1. The van der Waals surface area contributed by atoms with Crippen LogP contribution >= 0.6 is 27.3 Å². The van der Waals surface area contributed by atoms with Gasteiger partial charge in [0, 0.05) is 28.3 Å². The van der Waals surface area contributed by atoms with E-state index in [2.05, 4.69) is 15.9 Å². The van der Waals surface area contributed by atoms with Gasteiger partial charge in [-0.05, 0) is 41.3 Å². The normalized spacial score (nSPS) is 21.6. The highest BCUT2D eigenvalue weighted by Gasteiger charge is 2.49. The molecule has 0 saturated carbocycles. The first-order valence-electron chi connectivity index (χ1n) is 6.89. The zero-order valence-electron chi connectivity index (χ0n) is 12.1. The lowest BCUT2D eigenvalue weighted by Gasteiger charge is -2.36. The molecule has 0 bridgehead atoms. The van der Waals surface area contributed by atoms with Crippen molar-refractivity contribution in [2.45, 2.75) is 38.3 Å². The van der Waals surface area contributed by atoms with Crippen LogP contribution < -0.4 is 0 Å². The molecule has 0 spiro atoms. The number of urea groups is 1. The highest BCUT2D eigenvalue weighted by molar-refractivity contribution is 9.10. The van der Waals surface area contributed by atoms with Crippen LogP contribution in [0.1, 0.15) is 31.1 Å². The van der Waals surface area contributed by atoms with E-state index in [-0.39, 0.29) is 6.03 Å². The van der Waals surface area contributed by atoms with Crippen molar-refractivity contribution in [2.24, 2.45) is 0 Å². The molecule has 21 heavy (non-hydrogen) atoms. The van der Waals surface area contributed by atoms with Crippen LogP contribution in [0.3, 0.4) is 0 Å². The van der Waals surface area contributed by atoms with E-state index in [1.54, 1.807) is 23.3 Å². The topological polar surface area (TPSA) is 60.9 Å². The molecule has 2 rings (SSSR count). The van der Waals surface area contributed by atoms with E-state index < -0.39 is 11.5 Å². The first-order chi connectivity index (χ1) is 9.90. The molecule has 1 fully saturated rings. The number of thiophene rings is 1. The Kier molecular flexibility index (Phi) is 4.93. The molecule has 1 unspecified atom stereocenters. The van der Waals surface area contributed by atoms with Gasteiger partial charge in [-0.3, -0.25) is 0 Å². The minimum Gasteiger partial charge on any atom is -0.479 e. The highest BCUT2D eigenvalue weighted by atomic mass is 79.9. The fourth-order valence-corrected chi connectivity index (χ4v) is 4.35. The lowest BCUT2D eigenvalue weighted by molar-refractivity contribution is -0.148. The summed E-state index contributed by atoms with van der Waals surface area (Å²) in [6, 6.07) is 1.77. The molecule has 1 aliphatic heterocycles. The van der Waals surface area contributed by atoms with Gasteiger partial charge in [0.2, 0.25) is 0 Å². The Morgan fingerprint density at radius 1 is 1.57 bits per heavy atom. The molecule has 2 heterocycles. The van der Waals surface area contributed by atoms with Crippen molar-refractivity contribution in [2.75, 3.05) is 13.6 Å². The lowest BCUT2D eigenvalue weighted by Crippen LogP contribution is -2.55. The molecule has 7 heteroatoms. The van der Waals surface area contributed by atoms with Gasteiger partial charge in [0.05, 0.1) is 6.54 Å². The van der Waals surface area contributed by atoms with E-state index in [1.165, 1.54) is 4.90 Å². The molecule has 0 aliphatic carbocycles. The maximum absolute atomic E-state index is 12.6. The smallest absolute Gasteiger partial charge is 0.329 e. The molecular weight excluding hydrogens is 356 g/mol. The van der Waals surface area contributed by atoms with Crippen molar-refractivity contribution in [1.29, 1.82) is 0 Å². The van der Waals surface area contributed by atoms with Gasteiger partial charge in [-0.2, -0.15) is 0 Å². The van der Waals surface area contributed by atoms with Gasteiger partial charge in [0.25, 0.3) is 0 Å². The number of halogens is 1. The minimum absolute atomic E-state index is 0.207. The van der Waals surface area contributed by atoms with E-state index in [9.17, 15) is 14.7 Å². The van der Waals surface area contributed by atoms with Gasteiger partial charge in [-0.15, -0.1) is 11.3 Å². The van der Waals surface area contributed by atoms with Crippen LogP contribution in [-0.2, 0) is 11.3 Å². The molecule has 1 atom stereocenters. The first kappa shape index (κ1) is 16.3. The van der Waals surface area contributed by atoms with Crippen molar-refractivity contribution in [3.8, 4) is 0 Å². The summed E-state index contributed by atoms with van der Waals surface area (Å²) >= 11 is 4.97. The van der Waals surface area contributed by atoms with Gasteiger partial charge in [0.15, 0.2) is 0 Å². The number of carboxylic acids is 1. The second kappa shape index (κ2) is 6.36. The van der Waals surface area contributed by atoms with Crippen molar-refractivity contribution in [1.82, 2.24) is 9.80 Å². The Bertz CT molecular complexity index is 548. The minimum atomic E-state index is -1.04. The molecule has 1 saturated heterocycles. The number of hydrogen-bond acceptors (Lipinski definition) is 3. The van der Waals surface area contributed by atoms with Crippen molar-refractivity contribution < 1.29 is 14.7 Å². The molecule has 2 amide bonds. The number of hydrogen-bond donors (Lipinski definition) is 1. The first-order valence-corrected chi connectivity index (χ1v) is 8.57. The average molecular weight is 375 g/mol. The third-order valence-corrected chi connectivity index (χ3v) is 5.73. The standard InChI is InChI=1S/C14H19BrN2O3S/c1-3-14(12(18)19)5-4-6-17(14)13(20)16(2)8-11-7-10(15)9-21-11/h7,9H,3-6,8H2,1-2H3,(H,18,19). The maximum atomic E-state index is 12.6. The number of nitrogens with zero attached hydrogens (tertiary/aromatic N) is 2. The summed E-state index contributed by atoms with van der Waals surface area (Å²) in [5.74, 6) is -0.900. The Balaban J connectivity index is 2.12. The zero-order chi connectivity index (χ0) is 15.6. The average Bonchev–Trinajstić information content (AvgIpc) is 3.04. The van der Waals surface area contributed by atoms with Gasteiger partial charge >= 0.3 is 12.0 Å². The lowest BCUT2D eigenvalue weighted by atomic mass is 9.93. The highest BCUT2D eigenvalue weighted by Crippen LogP contribution is 2.34. The SMILES string of the molecule is CCC1(C(=O)O)CCCN1C(=O)N(C)Cc1cc(Br)cs1. The number of aliphatic carboxylic acids is 1. The Hall–Kier alpha value is -1.08. The van der Waals surface area contributed by atoms with Gasteiger partial charge in [-0.1, -0.05) is 6.92 Å². The largest absolute Gasteiger partial charge is 0.479 e. The Morgan fingerprint density at radius 2 is 2.29 bits per heavy atom. The molecule has 1 N–H and O–H groups in total. The fraction of sp³-hybridized carbons (Fsp3) is 0.571. The summed E-state index contributed by atoms with van der Waals surface area (Å²) < 4.78 is 0.998. The van der Waals surface area contributed by atoms with Crippen LogP contribution in [0, 0.1) is 0 Å². The van der Waals surface area contributed by atoms with Crippen molar-refractivity contribution in [3.05, 3.63) is 20.8 Å². The predicted molar refractivity (Wildman–Crippen MR) is 85.5 cm³/mol. The Morgan fingerprint density at radius 3 is 2.81 bits per heavy atom. The van der Waals surface area contributed by atoms with Gasteiger partial charge in [0.1, 0.15) is 5.54 Å². The van der Waals surface area contributed by atoms with Gasteiger partial charge < -0.3 is 14.9 Å². The predicted octanol–water partition coefficient (Wildman–Crippen LogP) is 3.39. The molecule has 0 radical (unpaired) electrons.